The van der Waals surface area contributed by atoms with Gasteiger partial charge in [-0.1, -0.05) is 36.9 Å². The molecule has 3 aromatic carbocycles. The molecule has 1 aliphatic heterocycles. The monoisotopic (exact) mass is 513 g/mol. The molecule has 198 valence electrons. The number of hydrogen-bond acceptors (Lipinski definition) is 7. The van der Waals surface area contributed by atoms with Crippen molar-refractivity contribution in [3.8, 4) is 16.9 Å². The maximum atomic E-state index is 11.7. The highest BCUT2D eigenvalue weighted by Gasteiger charge is 2.20. The number of para-hydroxylation sites is 1. The number of nitrogens with zero attached hydrogens (tertiary/aromatic N) is 1. The number of piperidine rings is 1. The van der Waals surface area contributed by atoms with Crippen LogP contribution in [0.5, 0.6) is 5.75 Å². The Hall–Kier alpha value is -4.14. The molecule has 0 saturated carbocycles. The molecule has 38 heavy (non-hydrogen) atoms. The van der Waals surface area contributed by atoms with Gasteiger partial charge in [0.1, 0.15) is 11.9 Å². The lowest BCUT2D eigenvalue weighted by Crippen LogP contribution is -2.39. The van der Waals surface area contributed by atoms with Gasteiger partial charge in [0.2, 0.25) is 5.91 Å². The highest BCUT2D eigenvalue weighted by Crippen LogP contribution is 2.32. The molecule has 1 saturated heterocycles. The average molecular weight is 514 g/mol. The topological polar surface area (TPSA) is 110 Å². The van der Waals surface area contributed by atoms with Crippen LogP contribution in [0.15, 0.2) is 79.4 Å². The number of β-amino-alcohol motifs (C(OH)–C–C–N with tert-alkyl or cyclic N) is 1. The van der Waals surface area contributed by atoms with E-state index in [1.54, 1.807) is 0 Å². The number of anilines is 3. The van der Waals surface area contributed by atoms with Crippen LogP contribution in [0.4, 0.5) is 17.1 Å². The number of aliphatic hydroxyl groups excluding tert-OH is 1. The summed E-state index contributed by atoms with van der Waals surface area (Å²) < 4.78 is 6.16. The molecule has 1 fully saturated rings. The molecule has 8 heteroatoms. The number of aliphatic hydroxyl groups is 1. The second-order valence-corrected chi connectivity index (χ2v) is 9.13. The van der Waals surface area contributed by atoms with Crippen molar-refractivity contribution in [3.63, 3.8) is 0 Å². The third-order valence-corrected chi connectivity index (χ3v) is 6.54. The minimum atomic E-state index is -0.266. The lowest BCUT2D eigenvalue weighted by atomic mass is 9.99. The van der Waals surface area contributed by atoms with Crippen LogP contribution in [0.3, 0.4) is 0 Å². The summed E-state index contributed by atoms with van der Waals surface area (Å²) in [5.74, 6) is 0.585. The molecule has 0 bridgehead atoms. The molecule has 5 N–H and O–H groups in total. The number of rotatable bonds is 12. The Balaban J connectivity index is 1.37. The molecule has 0 aliphatic carbocycles. The van der Waals surface area contributed by atoms with Gasteiger partial charge in [-0.05, 0) is 60.9 Å². The van der Waals surface area contributed by atoms with E-state index in [1.807, 2.05) is 66.7 Å². The van der Waals surface area contributed by atoms with Gasteiger partial charge in [-0.3, -0.25) is 4.79 Å². The zero-order chi connectivity index (χ0) is 26.7. The van der Waals surface area contributed by atoms with Crippen LogP contribution in [0.1, 0.15) is 18.4 Å². The minimum Gasteiger partial charge on any atom is -0.490 e. The SMILES string of the molecule is C=CC(=O)Nc1cccc(-c2cccc(C=N)c2NCNc2ccc(OC3CCN(CCO)CC3)cc2)c1. The van der Waals surface area contributed by atoms with Gasteiger partial charge in [-0.2, -0.15) is 0 Å². The van der Waals surface area contributed by atoms with E-state index in [0.29, 0.717) is 12.4 Å². The molecule has 1 aliphatic rings. The van der Waals surface area contributed by atoms with Gasteiger partial charge in [0.25, 0.3) is 0 Å². The van der Waals surface area contributed by atoms with Crippen LogP contribution in [-0.4, -0.2) is 61.1 Å². The smallest absolute Gasteiger partial charge is 0.247 e. The normalized spacial score (nSPS) is 13.9. The fourth-order valence-electron chi connectivity index (χ4n) is 4.56. The molecule has 0 unspecified atom stereocenters. The summed E-state index contributed by atoms with van der Waals surface area (Å²) in [6.45, 7) is 6.78. The van der Waals surface area contributed by atoms with Gasteiger partial charge in [0.15, 0.2) is 0 Å². The van der Waals surface area contributed by atoms with Crippen LogP contribution < -0.4 is 20.7 Å². The number of carbonyl (C=O) groups excluding carboxylic acids is 1. The molecular weight excluding hydrogens is 478 g/mol. The summed E-state index contributed by atoms with van der Waals surface area (Å²) in [5, 5.41) is 26.6. The summed E-state index contributed by atoms with van der Waals surface area (Å²) >= 11 is 0. The minimum absolute atomic E-state index is 0.199. The molecule has 1 heterocycles. The Bertz CT molecular complexity index is 1240. The average Bonchev–Trinajstić information content (AvgIpc) is 2.95. The third kappa shape index (κ3) is 7.21. The van der Waals surface area contributed by atoms with Crippen LogP contribution >= 0.6 is 0 Å². The summed E-state index contributed by atoms with van der Waals surface area (Å²) in [4.78, 5) is 14.0. The highest BCUT2D eigenvalue weighted by molar-refractivity contribution is 6.00. The predicted molar refractivity (Wildman–Crippen MR) is 154 cm³/mol. The van der Waals surface area contributed by atoms with E-state index in [0.717, 1.165) is 66.3 Å². The molecular formula is C30H35N5O3. The van der Waals surface area contributed by atoms with Crippen molar-refractivity contribution in [2.75, 3.05) is 48.9 Å². The largest absolute Gasteiger partial charge is 0.490 e. The quantitative estimate of drug-likeness (QED) is 0.135. The first-order chi connectivity index (χ1) is 18.6. The lowest BCUT2D eigenvalue weighted by Gasteiger charge is -2.31. The summed E-state index contributed by atoms with van der Waals surface area (Å²) in [6, 6.07) is 21.3. The van der Waals surface area contributed by atoms with E-state index in [-0.39, 0.29) is 18.6 Å². The molecule has 8 nitrogen and oxygen atoms in total. The standard InChI is InChI=1S/C30H35N5O3/c1-2-29(37)34-25-7-3-5-22(19-25)28-8-4-6-23(20-31)30(28)33-21-32-24-9-11-26(12-10-24)38-27-13-15-35(16-14-27)17-18-36/h2-12,19-20,27,31-33,36H,1,13-18,21H2,(H,34,37). The third-order valence-electron chi connectivity index (χ3n) is 6.54. The van der Waals surface area contributed by atoms with Gasteiger partial charge in [-0.15, -0.1) is 0 Å². The maximum Gasteiger partial charge on any atom is 0.247 e. The molecule has 3 aromatic rings. The second-order valence-electron chi connectivity index (χ2n) is 9.13. The van der Waals surface area contributed by atoms with Gasteiger partial charge in [0, 0.05) is 48.4 Å². The Kier molecular flexibility index (Phi) is 9.50. The summed E-state index contributed by atoms with van der Waals surface area (Å²) in [7, 11) is 0. The maximum absolute atomic E-state index is 11.7. The van der Waals surface area contributed by atoms with Crippen molar-refractivity contribution < 1.29 is 14.6 Å². The number of ether oxygens (including phenoxy) is 1. The first-order valence-corrected chi connectivity index (χ1v) is 12.8. The number of benzene rings is 3. The zero-order valence-corrected chi connectivity index (χ0v) is 21.5. The molecule has 0 spiro atoms. The Morgan fingerprint density at radius 3 is 2.53 bits per heavy atom. The van der Waals surface area contributed by atoms with Crippen molar-refractivity contribution in [2.45, 2.75) is 18.9 Å². The number of carbonyl (C=O) groups is 1. The van der Waals surface area contributed by atoms with Gasteiger partial charge < -0.3 is 36.1 Å². The summed E-state index contributed by atoms with van der Waals surface area (Å²) in [6.07, 6.45) is 4.69. The number of amides is 1. The Morgan fingerprint density at radius 1 is 1.05 bits per heavy atom. The first-order valence-electron chi connectivity index (χ1n) is 12.8. The van der Waals surface area contributed by atoms with Gasteiger partial charge in [-0.25, -0.2) is 0 Å². The van der Waals surface area contributed by atoms with E-state index in [9.17, 15) is 4.79 Å². The number of nitrogens with one attached hydrogen (secondary N) is 4. The van der Waals surface area contributed by atoms with Crippen molar-refractivity contribution in [1.29, 1.82) is 5.41 Å². The van der Waals surface area contributed by atoms with Gasteiger partial charge in [0.05, 0.1) is 19.0 Å². The van der Waals surface area contributed by atoms with Gasteiger partial charge >= 0.3 is 0 Å². The highest BCUT2D eigenvalue weighted by atomic mass is 16.5. The molecule has 0 aromatic heterocycles. The fourth-order valence-corrected chi connectivity index (χ4v) is 4.56. The fraction of sp³-hybridized carbons (Fsp3) is 0.267. The molecule has 0 atom stereocenters. The van der Waals surface area contributed by atoms with E-state index in [1.165, 1.54) is 12.3 Å². The Labute approximate surface area is 223 Å². The summed E-state index contributed by atoms with van der Waals surface area (Å²) in [5.41, 5.74) is 5.06. The molecule has 0 radical (unpaired) electrons. The number of hydrogen-bond donors (Lipinski definition) is 5. The van der Waals surface area contributed by atoms with Crippen molar-refractivity contribution in [1.82, 2.24) is 4.90 Å². The van der Waals surface area contributed by atoms with Crippen LogP contribution in [0.2, 0.25) is 0 Å². The molecule has 4 rings (SSSR count). The van der Waals surface area contributed by atoms with Crippen molar-refractivity contribution in [3.05, 3.63) is 84.9 Å². The second kappa shape index (κ2) is 13.4. The van der Waals surface area contributed by atoms with E-state index in [4.69, 9.17) is 15.3 Å². The lowest BCUT2D eigenvalue weighted by molar-refractivity contribution is -0.111. The van der Waals surface area contributed by atoms with Crippen LogP contribution in [-0.2, 0) is 4.79 Å². The van der Waals surface area contributed by atoms with Crippen molar-refractivity contribution in [2.24, 2.45) is 0 Å². The Morgan fingerprint density at radius 2 is 1.82 bits per heavy atom. The first kappa shape index (κ1) is 26.9. The van der Waals surface area contributed by atoms with E-state index in [2.05, 4.69) is 27.4 Å². The predicted octanol–water partition coefficient (Wildman–Crippen LogP) is 4.79. The zero-order valence-electron chi connectivity index (χ0n) is 21.5. The van der Waals surface area contributed by atoms with E-state index >= 15 is 0 Å². The van der Waals surface area contributed by atoms with Crippen LogP contribution in [0.25, 0.3) is 11.1 Å². The number of likely N-dealkylation sites (tertiary alicyclic amines) is 1. The van der Waals surface area contributed by atoms with Crippen LogP contribution in [0, 0.1) is 5.41 Å². The van der Waals surface area contributed by atoms with E-state index < -0.39 is 0 Å². The molecule has 1 amide bonds. The van der Waals surface area contributed by atoms with Crippen molar-refractivity contribution >= 4 is 29.2 Å².